The highest BCUT2D eigenvalue weighted by Gasteiger charge is 2.06. The molecule has 0 aromatic heterocycles. The Balaban J connectivity index is 1.95. The highest BCUT2D eigenvalue weighted by Crippen LogP contribution is 2.17. The van der Waals surface area contributed by atoms with E-state index >= 15 is 0 Å². The summed E-state index contributed by atoms with van der Waals surface area (Å²) in [6.07, 6.45) is 0.923. The monoisotopic (exact) mass is 301 g/mol. The Hall–Kier alpha value is -2.13. The van der Waals surface area contributed by atoms with Crippen molar-refractivity contribution in [3.63, 3.8) is 0 Å². The topological polar surface area (TPSA) is 46.2 Å². The molecular formula is C17H16ClNO2. The number of nitrogens with one attached hydrogen (secondary N) is 1. The molecule has 2 aromatic carbocycles. The molecule has 21 heavy (non-hydrogen) atoms. The average Bonchev–Trinajstić information content (AvgIpc) is 2.46. The second-order valence-electron chi connectivity index (χ2n) is 4.78. The van der Waals surface area contributed by atoms with Crippen LogP contribution in [-0.4, -0.2) is 11.7 Å². The first-order valence-electron chi connectivity index (χ1n) is 6.70. The third kappa shape index (κ3) is 4.43. The minimum absolute atomic E-state index is 0.0258. The van der Waals surface area contributed by atoms with Gasteiger partial charge in [0.1, 0.15) is 0 Å². The first-order chi connectivity index (χ1) is 10.1. The number of hydrogen-bond donors (Lipinski definition) is 1. The van der Waals surface area contributed by atoms with Crippen molar-refractivity contribution in [2.45, 2.75) is 19.8 Å². The van der Waals surface area contributed by atoms with Crippen molar-refractivity contribution in [2.24, 2.45) is 0 Å². The van der Waals surface area contributed by atoms with Crippen molar-refractivity contribution >= 4 is 29.0 Å². The number of ketones is 1. The summed E-state index contributed by atoms with van der Waals surface area (Å²) < 4.78 is 0. The average molecular weight is 302 g/mol. The van der Waals surface area contributed by atoms with Gasteiger partial charge >= 0.3 is 0 Å². The number of amides is 1. The van der Waals surface area contributed by atoms with E-state index in [9.17, 15) is 9.59 Å². The van der Waals surface area contributed by atoms with Crippen LogP contribution in [0.3, 0.4) is 0 Å². The summed E-state index contributed by atoms with van der Waals surface area (Å²) in [5, 5.41) is 3.46. The van der Waals surface area contributed by atoms with E-state index in [1.807, 2.05) is 24.3 Å². The highest BCUT2D eigenvalue weighted by atomic mass is 35.5. The molecule has 0 bridgehead atoms. The van der Waals surface area contributed by atoms with Crippen molar-refractivity contribution in [2.75, 3.05) is 5.32 Å². The molecule has 2 aromatic rings. The molecule has 0 saturated carbocycles. The molecule has 1 amide bonds. The highest BCUT2D eigenvalue weighted by molar-refractivity contribution is 6.31. The lowest BCUT2D eigenvalue weighted by atomic mass is 10.1. The first-order valence-corrected chi connectivity index (χ1v) is 7.08. The van der Waals surface area contributed by atoms with Crippen molar-refractivity contribution in [3.8, 4) is 0 Å². The fourth-order valence-corrected chi connectivity index (χ4v) is 2.22. The van der Waals surface area contributed by atoms with Crippen molar-refractivity contribution in [3.05, 3.63) is 64.7 Å². The SMILES string of the molecule is CC(=O)c1cccc(NC(=O)CCc2ccccc2Cl)c1. The maximum Gasteiger partial charge on any atom is 0.224 e. The Bertz CT molecular complexity index is 667. The first kappa shape index (κ1) is 15.3. The summed E-state index contributed by atoms with van der Waals surface area (Å²) in [7, 11) is 0. The van der Waals surface area contributed by atoms with E-state index in [0.29, 0.717) is 29.1 Å². The van der Waals surface area contributed by atoms with Crippen LogP contribution in [0.15, 0.2) is 48.5 Å². The van der Waals surface area contributed by atoms with Crippen LogP contribution in [0.5, 0.6) is 0 Å². The molecule has 2 rings (SSSR count). The van der Waals surface area contributed by atoms with E-state index in [-0.39, 0.29) is 11.7 Å². The molecule has 0 aliphatic rings. The number of aryl methyl sites for hydroxylation is 1. The van der Waals surface area contributed by atoms with E-state index in [1.165, 1.54) is 6.92 Å². The largest absolute Gasteiger partial charge is 0.326 e. The molecule has 0 aliphatic heterocycles. The third-order valence-corrected chi connectivity index (χ3v) is 3.50. The van der Waals surface area contributed by atoms with Crippen LogP contribution in [0.2, 0.25) is 5.02 Å². The van der Waals surface area contributed by atoms with Crippen LogP contribution in [0.1, 0.15) is 29.3 Å². The molecule has 1 N–H and O–H groups in total. The van der Waals surface area contributed by atoms with Gasteiger partial charge in [0.15, 0.2) is 5.78 Å². The van der Waals surface area contributed by atoms with Gasteiger partial charge in [0, 0.05) is 22.7 Å². The van der Waals surface area contributed by atoms with Gasteiger partial charge in [-0.25, -0.2) is 0 Å². The smallest absolute Gasteiger partial charge is 0.224 e. The molecular weight excluding hydrogens is 286 g/mol. The van der Waals surface area contributed by atoms with Crippen LogP contribution < -0.4 is 5.32 Å². The van der Waals surface area contributed by atoms with Gasteiger partial charge in [-0.15, -0.1) is 0 Å². The summed E-state index contributed by atoms with van der Waals surface area (Å²) in [5.74, 6) is -0.127. The van der Waals surface area contributed by atoms with E-state index in [0.717, 1.165) is 5.56 Å². The molecule has 0 saturated heterocycles. The van der Waals surface area contributed by atoms with Gasteiger partial charge in [-0.05, 0) is 37.1 Å². The van der Waals surface area contributed by atoms with Crippen LogP contribution in [0, 0.1) is 0 Å². The quantitative estimate of drug-likeness (QED) is 0.845. The Morgan fingerprint density at radius 1 is 1.10 bits per heavy atom. The standard InChI is InChI=1S/C17H16ClNO2/c1-12(20)14-6-4-7-15(11-14)19-17(21)10-9-13-5-2-3-8-16(13)18/h2-8,11H,9-10H2,1H3,(H,19,21). The minimum atomic E-state index is -0.101. The number of anilines is 1. The fraction of sp³-hybridized carbons (Fsp3) is 0.176. The van der Waals surface area contributed by atoms with Crippen molar-refractivity contribution in [1.29, 1.82) is 0 Å². The molecule has 4 heteroatoms. The molecule has 3 nitrogen and oxygen atoms in total. The molecule has 0 aliphatic carbocycles. The molecule has 0 atom stereocenters. The van der Waals surface area contributed by atoms with Gasteiger partial charge < -0.3 is 5.32 Å². The predicted molar refractivity (Wildman–Crippen MR) is 84.8 cm³/mol. The van der Waals surface area contributed by atoms with Crippen molar-refractivity contribution < 1.29 is 9.59 Å². The zero-order valence-electron chi connectivity index (χ0n) is 11.7. The van der Waals surface area contributed by atoms with Crippen LogP contribution >= 0.6 is 11.6 Å². The number of carbonyl (C=O) groups excluding carboxylic acids is 2. The summed E-state index contributed by atoms with van der Waals surface area (Å²) in [6.45, 7) is 1.50. The minimum Gasteiger partial charge on any atom is -0.326 e. The van der Waals surface area contributed by atoms with Crippen LogP contribution in [0.4, 0.5) is 5.69 Å². The molecule has 0 unspecified atom stereocenters. The Morgan fingerprint density at radius 3 is 2.57 bits per heavy atom. The Morgan fingerprint density at radius 2 is 1.86 bits per heavy atom. The van der Waals surface area contributed by atoms with E-state index in [1.54, 1.807) is 24.3 Å². The van der Waals surface area contributed by atoms with Crippen LogP contribution in [0.25, 0.3) is 0 Å². The number of hydrogen-bond acceptors (Lipinski definition) is 2. The second-order valence-corrected chi connectivity index (χ2v) is 5.18. The summed E-state index contributed by atoms with van der Waals surface area (Å²) in [4.78, 5) is 23.2. The van der Waals surface area contributed by atoms with Crippen molar-refractivity contribution in [1.82, 2.24) is 0 Å². The number of Topliss-reactive ketones (excluding diaryl/α,β-unsaturated/α-hetero) is 1. The third-order valence-electron chi connectivity index (χ3n) is 3.13. The van der Waals surface area contributed by atoms with Crippen LogP contribution in [-0.2, 0) is 11.2 Å². The van der Waals surface area contributed by atoms with Gasteiger partial charge in [0.05, 0.1) is 0 Å². The summed E-state index contributed by atoms with van der Waals surface area (Å²) in [6, 6.07) is 14.4. The molecule has 0 spiro atoms. The number of rotatable bonds is 5. The lowest BCUT2D eigenvalue weighted by Gasteiger charge is -2.07. The summed E-state index contributed by atoms with van der Waals surface area (Å²) >= 11 is 6.05. The van der Waals surface area contributed by atoms with Gasteiger partial charge in [0.25, 0.3) is 0 Å². The predicted octanol–water partition coefficient (Wildman–Crippen LogP) is 4.11. The van der Waals surface area contributed by atoms with E-state index in [2.05, 4.69) is 5.32 Å². The summed E-state index contributed by atoms with van der Waals surface area (Å²) in [5.41, 5.74) is 2.16. The molecule has 0 radical (unpaired) electrons. The number of benzene rings is 2. The van der Waals surface area contributed by atoms with Gasteiger partial charge in [-0.1, -0.05) is 41.9 Å². The van der Waals surface area contributed by atoms with E-state index in [4.69, 9.17) is 11.6 Å². The van der Waals surface area contributed by atoms with Gasteiger partial charge in [-0.2, -0.15) is 0 Å². The second kappa shape index (κ2) is 7.04. The Kier molecular flexibility index (Phi) is 5.12. The van der Waals surface area contributed by atoms with Gasteiger partial charge in [0.2, 0.25) is 5.91 Å². The lowest BCUT2D eigenvalue weighted by Crippen LogP contribution is -2.12. The number of halogens is 1. The maximum atomic E-state index is 11.9. The molecule has 108 valence electrons. The fourth-order valence-electron chi connectivity index (χ4n) is 1.99. The zero-order valence-corrected chi connectivity index (χ0v) is 12.5. The molecule has 0 heterocycles. The normalized spacial score (nSPS) is 10.2. The Labute approximate surface area is 128 Å². The maximum absolute atomic E-state index is 11.9. The van der Waals surface area contributed by atoms with E-state index < -0.39 is 0 Å². The van der Waals surface area contributed by atoms with Gasteiger partial charge in [-0.3, -0.25) is 9.59 Å². The molecule has 0 fully saturated rings. The number of carbonyl (C=O) groups is 2. The lowest BCUT2D eigenvalue weighted by molar-refractivity contribution is -0.116. The zero-order chi connectivity index (χ0) is 15.2.